The van der Waals surface area contributed by atoms with Crippen LogP contribution < -0.4 is 0 Å². The lowest BCUT2D eigenvalue weighted by Crippen LogP contribution is -2.47. The van der Waals surface area contributed by atoms with Crippen LogP contribution >= 0.6 is 22.6 Å². The van der Waals surface area contributed by atoms with E-state index in [0.29, 0.717) is 0 Å². The molecule has 0 aromatic carbocycles. The van der Waals surface area contributed by atoms with E-state index >= 15 is 0 Å². The van der Waals surface area contributed by atoms with Crippen LogP contribution in [0.5, 0.6) is 0 Å². The lowest BCUT2D eigenvalue weighted by Gasteiger charge is -2.42. The normalized spacial score (nSPS) is 15.9. The fourth-order valence-electron chi connectivity index (χ4n) is 2.77. The Balaban J connectivity index is 5.07. The number of unbranched alkanes of at least 4 members (excludes halogenated alkanes) is 1. The lowest BCUT2D eigenvalue weighted by atomic mass is 9.90. The first-order valence-corrected chi connectivity index (χ1v) is 11.8. The van der Waals surface area contributed by atoms with Crippen LogP contribution in [0, 0.1) is 0 Å². The van der Waals surface area contributed by atoms with Gasteiger partial charge in [-0.3, -0.25) is 0 Å². The van der Waals surface area contributed by atoms with Gasteiger partial charge in [0.25, 0.3) is 0 Å². The third-order valence-electron chi connectivity index (χ3n) is 4.58. The third-order valence-corrected chi connectivity index (χ3v) is 9.82. The summed E-state index contributed by atoms with van der Waals surface area (Å²) in [6, 6.07) is 3.76. The van der Waals surface area contributed by atoms with Crippen LogP contribution in [0.15, 0.2) is 10.2 Å². The highest BCUT2D eigenvalue weighted by Gasteiger charge is 2.38. The molecule has 0 radical (unpaired) electrons. The molecule has 1 atom stereocenters. The molecule has 0 saturated heterocycles. The Bertz CT molecular complexity index is 243. The minimum atomic E-state index is -1.51. The molecule has 3 heteroatoms. The Morgan fingerprint density at radius 2 is 1.63 bits per heavy atom. The molecule has 0 spiro atoms. The van der Waals surface area contributed by atoms with Gasteiger partial charge in [0.2, 0.25) is 0 Å². The van der Waals surface area contributed by atoms with Gasteiger partial charge in [-0.2, -0.15) is 0 Å². The van der Waals surface area contributed by atoms with Crippen LogP contribution in [0.4, 0.5) is 0 Å². The van der Waals surface area contributed by atoms with Crippen molar-refractivity contribution in [2.24, 2.45) is 0 Å². The molecule has 0 aliphatic rings. The van der Waals surface area contributed by atoms with Crippen molar-refractivity contribution in [1.82, 2.24) is 0 Å². The second-order valence-electron chi connectivity index (χ2n) is 5.55. The van der Waals surface area contributed by atoms with Gasteiger partial charge in [-0.05, 0) is 41.5 Å². The maximum Gasteiger partial charge on any atom is 0.192 e. The van der Waals surface area contributed by atoms with Gasteiger partial charge in [0.1, 0.15) is 0 Å². The Morgan fingerprint density at radius 3 is 2.00 bits per heavy atom. The van der Waals surface area contributed by atoms with Crippen molar-refractivity contribution in [3.63, 3.8) is 0 Å². The van der Waals surface area contributed by atoms with Crippen molar-refractivity contribution < 1.29 is 4.43 Å². The average molecular weight is 396 g/mol. The van der Waals surface area contributed by atoms with E-state index in [0.717, 1.165) is 12.8 Å². The van der Waals surface area contributed by atoms with Crippen LogP contribution in [0.1, 0.15) is 66.7 Å². The number of hydrogen-bond acceptors (Lipinski definition) is 1. The number of hydrogen-bond donors (Lipinski definition) is 0. The van der Waals surface area contributed by atoms with E-state index in [2.05, 4.69) is 67.4 Å². The summed E-state index contributed by atoms with van der Waals surface area (Å²) in [5.74, 6) is 0. The summed E-state index contributed by atoms with van der Waals surface area (Å²) in [5, 5.41) is 0. The van der Waals surface area contributed by atoms with E-state index < -0.39 is 8.32 Å². The molecule has 0 aliphatic heterocycles. The zero-order valence-electron chi connectivity index (χ0n) is 13.6. The van der Waals surface area contributed by atoms with E-state index in [1.165, 1.54) is 37.4 Å². The molecule has 19 heavy (non-hydrogen) atoms. The number of rotatable bonds is 11. The van der Waals surface area contributed by atoms with Gasteiger partial charge in [-0.1, -0.05) is 76.1 Å². The molecule has 1 nitrogen and oxygen atoms in total. The smallest absolute Gasteiger partial charge is 0.192 e. The fourth-order valence-corrected chi connectivity index (χ4v) is 6.21. The predicted octanol–water partition coefficient (Wildman–Crippen LogP) is 6.69. The first kappa shape index (κ1) is 19.6. The lowest BCUT2D eigenvalue weighted by molar-refractivity contribution is 0.0433. The zero-order chi connectivity index (χ0) is 14.8. The summed E-state index contributed by atoms with van der Waals surface area (Å²) < 4.78 is 9.05. The minimum Gasteiger partial charge on any atom is -0.411 e. The van der Waals surface area contributed by atoms with Crippen molar-refractivity contribution in [1.29, 1.82) is 0 Å². The standard InChI is InChI=1S/C16H33IOSi/c1-6-11-13-16(7-2,14-12-15-17)18-19(8-3,9-4)10-5/h12,15H,6-11,13-14H2,1-5H3/t16-/m0/s1. The summed E-state index contributed by atoms with van der Waals surface area (Å²) in [7, 11) is -1.51. The van der Waals surface area contributed by atoms with Gasteiger partial charge in [0, 0.05) is 0 Å². The third kappa shape index (κ3) is 6.30. The van der Waals surface area contributed by atoms with Crippen molar-refractivity contribution in [2.75, 3.05) is 0 Å². The van der Waals surface area contributed by atoms with Crippen molar-refractivity contribution in [2.45, 2.75) is 90.5 Å². The SMILES string of the molecule is CCCC[C@@](CC)(CC=CI)O[Si](CC)(CC)CC. The van der Waals surface area contributed by atoms with Crippen molar-refractivity contribution >= 4 is 30.9 Å². The largest absolute Gasteiger partial charge is 0.411 e. The number of halogens is 1. The summed E-state index contributed by atoms with van der Waals surface area (Å²) >= 11 is 2.32. The van der Waals surface area contributed by atoms with E-state index in [9.17, 15) is 0 Å². The highest BCUT2D eigenvalue weighted by molar-refractivity contribution is 14.1. The van der Waals surface area contributed by atoms with E-state index in [4.69, 9.17) is 4.43 Å². The fraction of sp³-hybridized carbons (Fsp3) is 0.875. The molecule has 0 aliphatic carbocycles. The molecule has 0 saturated carbocycles. The molecule has 0 bridgehead atoms. The molecular formula is C16H33IOSi. The van der Waals surface area contributed by atoms with Crippen molar-refractivity contribution in [3.8, 4) is 0 Å². The Kier molecular flexibility index (Phi) is 10.7. The van der Waals surface area contributed by atoms with Crippen molar-refractivity contribution in [3.05, 3.63) is 10.2 Å². The second kappa shape index (κ2) is 10.4. The second-order valence-corrected chi connectivity index (χ2v) is 11.0. The first-order valence-electron chi connectivity index (χ1n) is 8.02. The van der Waals surface area contributed by atoms with Gasteiger partial charge >= 0.3 is 0 Å². The molecule has 0 rings (SSSR count). The van der Waals surface area contributed by atoms with Crippen LogP contribution in [0.2, 0.25) is 18.1 Å². The van der Waals surface area contributed by atoms with E-state index in [1.54, 1.807) is 0 Å². The minimum absolute atomic E-state index is 0.103. The summed E-state index contributed by atoms with van der Waals surface area (Å²) in [6.07, 6.45) is 8.28. The van der Waals surface area contributed by atoms with E-state index in [-0.39, 0.29) is 5.60 Å². The molecule has 0 aromatic heterocycles. The molecule has 0 heterocycles. The van der Waals surface area contributed by atoms with Gasteiger partial charge in [0.15, 0.2) is 8.32 Å². The topological polar surface area (TPSA) is 9.23 Å². The molecule has 114 valence electrons. The average Bonchev–Trinajstić information content (AvgIpc) is 2.47. The molecule has 0 aromatic rings. The van der Waals surface area contributed by atoms with Crippen LogP contribution in [-0.2, 0) is 4.43 Å². The monoisotopic (exact) mass is 396 g/mol. The van der Waals surface area contributed by atoms with Gasteiger partial charge in [-0.25, -0.2) is 0 Å². The van der Waals surface area contributed by atoms with Crippen LogP contribution in [0.3, 0.4) is 0 Å². The Morgan fingerprint density at radius 1 is 1.05 bits per heavy atom. The Labute approximate surface area is 135 Å². The highest BCUT2D eigenvalue weighted by atomic mass is 127. The zero-order valence-corrected chi connectivity index (χ0v) is 16.8. The van der Waals surface area contributed by atoms with Gasteiger partial charge in [-0.15, -0.1) is 0 Å². The summed E-state index contributed by atoms with van der Waals surface area (Å²) in [6.45, 7) is 11.6. The molecule has 0 amide bonds. The molecule has 0 N–H and O–H groups in total. The van der Waals surface area contributed by atoms with Crippen LogP contribution in [0.25, 0.3) is 0 Å². The highest BCUT2D eigenvalue weighted by Crippen LogP contribution is 2.36. The molecule has 0 unspecified atom stereocenters. The molecule has 0 fully saturated rings. The maximum absolute atomic E-state index is 6.91. The quantitative estimate of drug-likeness (QED) is 0.279. The summed E-state index contributed by atoms with van der Waals surface area (Å²) in [4.78, 5) is 0. The first-order chi connectivity index (χ1) is 9.07. The maximum atomic E-state index is 6.91. The molecular weight excluding hydrogens is 363 g/mol. The predicted molar refractivity (Wildman–Crippen MR) is 98.6 cm³/mol. The van der Waals surface area contributed by atoms with Crippen LogP contribution in [-0.4, -0.2) is 13.9 Å². The Hall–Kier alpha value is 0.647. The summed E-state index contributed by atoms with van der Waals surface area (Å²) in [5.41, 5.74) is 0.103. The van der Waals surface area contributed by atoms with Gasteiger partial charge < -0.3 is 4.43 Å². The van der Waals surface area contributed by atoms with Gasteiger partial charge in [0.05, 0.1) is 5.60 Å². The van der Waals surface area contributed by atoms with E-state index in [1.807, 2.05) is 0 Å².